The van der Waals surface area contributed by atoms with E-state index in [0.717, 1.165) is 24.8 Å². The Morgan fingerprint density at radius 1 is 1.11 bits per heavy atom. The van der Waals surface area contributed by atoms with E-state index in [-0.39, 0.29) is 46.1 Å². The van der Waals surface area contributed by atoms with Crippen molar-refractivity contribution in [1.29, 1.82) is 0 Å². The number of hydrogen-bond donors (Lipinski definition) is 0. The first kappa shape index (κ1) is 25.4. The molecule has 2 saturated carbocycles. The van der Waals surface area contributed by atoms with Gasteiger partial charge in [0.05, 0.1) is 11.7 Å². The van der Waals surface area contributed by atoms with Gasteiger partial charge in [-0.25, -0.2) is 0 Å². The molecule has 0 aromatic heterocycles. The minimum atomic E-state index is -0.950. The molecule has 0 bridgehead atoms. The minimum absolute atomic E-state index is 0.0758. The number of fused-ring (bicyclic) bond motifs is 1. The van der Waals surface area contributed by atoms with Crippen LogP contribution in [-0.2, 0) is 16.1 Å². The summed E-state index contributed by atoms with van der Waals surface area (Å²) in [6, 6.07) is 16.0. The number of rotatable bonds is 8. The van der Waals surface area contributed by atoms with Gasteiger partial charge in [0.15, 0.2) is 0 Å². The van der Waals surface area contributed by atoms with E-state index in [9.17, 15) is 14.9 Å². The van der Waals surface area contributed by atoms with Crippen molar-refractivity contribution in [2.24, 2.45) is 17.3 Å². The van der Waals surface area contributed by atoms with E-state index in [1.54, 1.807) is 18.2 Å². The second-order valence-electron chi connectivity index (χ2n) is 11.4. The predicted octanol–water partition coefficient (Wildman–Crippen LogP) is 6.55. The van der Waals surface area contributed by atoms with E-state index in [2.05, 4.69) is 27.7 Å². The standard InChI is InChI=1S/C29H37NO5/c1-28(2,3)35-27-14-13-24-23(26(31)15-16-29(24,27)4)18-25(30(32)33)21-11-8-12-22(17-21)34-19-20-9-6-5-7-10-20/h5-12,17,23-25,27H,13-16,18-19H2,1-4H3/t23-,24-,25?,27-,29-/m0/s1. The van der Waals surface area contributed by atoms with Gasteiger partial charge < -0.3 is 9.47 Å². The summed E-state index contributed by atoms with van der Waals surface area (Å²) < 4.78 is 12.3. The zero-order valence-electron chi connectivity index (χ0n) is 21.2. The molecule has 0 N–H and O–H groups in total. The molecule has 188 valence electrons. The maximum absolute atomic E-state index is 13.1. The quantitative estimate of drug-likeness (QED) is 0.317. The summed E-state index contributed by atoms with van der Waals surface area (Å²) in [7, 11) is 0. The molecule has 35 heavy (non-hydrogen) atoms. The number of nitrogens with zero attached hydrogens (tertiary/aromatic N) is 1. The third-order valence-electron chi connectivity index (χ3n) is 7.85. The monoisotopic (exact) mass is 479 g/mol. The third-order valence-corrected chi connectivity index (χ3v) is 7.85. The van der Waals surface area contributed by atoms with Crippen molar-refractivity contribution < 1.29 is 19.2 Å². The van der Waals surface area contributed by atoms with Gasteiger partial charge in [-0.15, -0.1) is 0 Å². The van der Waals surface area contributed by atoms with E-state index < -0.39 is 6.04 Å². The van der Waals surface area contributed by atoms with Gasteiger partial charge in [-0.1, -0.05) is 49.4 Å². The van der Waals surface area contributed by atoms with E-state index >= 15 is 0 Å². The lowest BCUT2D eigenvalue weighted by Crippen LogP contribution is -2.46. The Balaban J connectivity index is 1.52. The largest absolute Gasteiger partial charge is 0.489 e. The summed E-state index contributed by atoms with van der Waals surface area (Å²) in [4.78, 5) is 25.1. The molecule has 5 atom stereocenters. The lowest BCUT2D eigenvalue weighted by Gasteiger charge is -2.45. The van der Waals surface area contributed by atoms with Crippen LogP contribution in [0.3, 0.4) is 0 Å². The molecular weight excluding hydrogens is 442 g/mol. The highest BCUT2D eigenvalue weighted by molar-refractivity contribution is 5.82. The highest BCUT2D eigenvalue weighted by atomic mass is 16.6. The lowest BCUT2D eigenvalue weighted by atomic mass is 9.61. The van der Waals surface area contributed by atoms with Crippen molar-refractivity contribution in [3.63, 3.8) is 0 Å². The van der Waals surface area contributed by atoms with Crippen LogP contribution in [-0.4, -0.2) is 22.4 Å². The van der Waals surface area contributed by atoms with Crippen molar-refractivity contribution in [3.8, 4) is 5.75 Å². The summed E-state index contributed by atoms with van der Waals surface area (Å²) in [5.74, 6) is 0.535. The van der Waals surface area contributed by atoms with Crippen molar-refractivity contribution in [2.75, 3.05) is 0 Å². The molecule has 0 radical (unpaired) electrons. The number of carbonyl (C=O) groups is 1. The maximum atomic E-state index is 13.1. The first-order chi connectivity index (χ1) is 16.6. The molecule has 2 fully saturated rings. The van der Waals surface area contributed by atoms with Crippen LogP contribution in [0, 0.1) is 27.4 Å². The van der Waals surface area contributed by atoms with Gasteiger partial charge in [-0.05, 0) is 69.1 Å². The number of hydrogen-bond acceptors (Lipinski definition) is 5. The van der Waals surface area contributed by atoms with Crippen LogP contribution in [0.2, 0.25) is 0 Å². The smallest absolute Gasteiger partial charge is 0.238 e. The molecular formula is C29H37NO5. The van der Waals surface area contributed by atoms with Gasteiger partial charge in [0.2, 0.25) is 6.04 Å². The van der Waals surface area contributed by atoms with E-state index in [1.165, 1.54) is 0 Å². The van der Waals surface area contributed by atoms with Gasteiger partial charge in [-0.3, -0.25) is 14.9 Å². The fourth-order valence-electron chi connectivity index (χ4n) is 6.09. The van der Waals surface area contributed by atoms with Crippen LogP contribution in [0.4, 0.5) is 0 Å². The average Bonchev–Trinajstić information content (AvgIpc) is 3.13. The molecule has 0 aliphatic heterocycles. The van der Waals surface area contributed by atoms with E-state index in [0.29, 0.717) is 24.3 Å². The molecule has 0 heterocycles. The number of ether oxygens (including phenoxy) is 2. The summed E-state index contributed by atoms with van der Waals surface area (Å²) in [6.07, 6.45) is 3.32. The number of ketones is 1. The Kier molecular flexibility index (Phi) is 7.32. The third kappa shape index (κ3) is 5.75. The fraction of sp³-hybridized carbons (Fsp3) is 0.552. The van der Waals surface area contributed by atoms with Crippen molar-refractivity contribution in [2.45, 2.75) is 84.2 Å². The highest BCUT2D eigenvalue weighted by Crippen LogP contribution is 2.56. The second-order valence-corrected chi connectivity index (χ2v) is 11.4. The average molecular weight is 480 g/mol. The highest BCUT2D eigenvalue weighted by Gasteiger charge is 2.56. The van der Waals surface area contributed by atoms with E-state index in [4.69, 9.17) is 9.47 Å². The molecule has 1 unspecified atom stereocenters. The van der Waals surface area contributed by atoms with Gasteiger partial charge in [0, 0.05) is 29.2 Å². The SMILES string of the molecule is CC(C)(C)O[C@H]1CC[C@H]2[C@H](CC(c3cccc(OCc4ccccc4)c3)[N+](=O)[O-])C(=O)CC[C@]12C. The van der Waals surface area contributed by atoms with Crippen molar-refractivity contribution in [1.82, 2.24) is 0 Å². The van der Waals surface area contributed by atoms with Crippen LogP contribution in [0.5, 0.6) is 5.75 Å². The van der Waals surface area contributed by atoms with Crippen LogP contribution >= 0.6 is 0 Å². The molecule has 0 saturated heterocycles. The number of Topliss-reactive ketones (excluding diaryl/α,β-unsaturated/α-hetero) is 1. The molecule has 6 nitrogen and oxygen atoms in total. The predicted molar refractivity (Wildman–Crippen MR) is 135 cm³/mol. The van der Waals surface area contributed by atoms with Gasteiger partial charge >= 0.3 is 0 Å². The summed E-state index contributed by atoms with van der Waals surface area (Å²) in [5, 5.41) is 12.2. The van der Waals surface area contributed by atoms with E-state index in [1.807, 2.05) is 36.4 Å². The number of benzene rings is 2. The normalized spacial score (nSPS) is 27.3. The molecule has 2 aromatic carbocycles. The molecule has 0 amide bonds. The zero-order valence-corrected chi connectivity index (χ0v) is 21.2. The summed E-state index contributed by atoms with van der Waals surface area (Å²) in [5.41, 5.74) is 1.22. The topological polar surface area (TPSA) is 78.7 Å². The van der Waals surface area contributed by atoms with Crippen molar-refractivity contribution >= 4 is 5.78 Å². The van der Waals surface area contributed by atoms with Gasteiger partial charge in [-0.2, -0.15) is 0 Å². The van der Waals surface area contributed by atoms with Crippen molar-refractivity contribution in [3.05, 3.63) is 75.8 Å². The van der Waals surface area contributed by atoms with Crippen LogP contribution in [0.15, 0.2) is 54.6 Å². The molecule has 4 rings (SSSR count). The first-order valence-corrected chi connectivity index (χ1v) is 12.7. The van der Waals surface area contributed by atoms with Gasteiger partial charge in [0.1, 0.15) is 18.1 Å². The fourth-order valence-corrected chi connectivity index (χ4v) is 6.09. The Labute approximate surface area is 208 Å². The molecule has 2 aromatic rings. The Morgan fingerprint density at radius 2 is 1.86 bits per heavy atom. The maximum Gasteiger partial charge on any atom is 0.238 e. The Morgan fingerprint density at radius 3 is 2.54 bits per heavy atom. The second kappa shape index (κ2) is 10.1. The number of nitro groups is 1. The lowest BCUT2D eigenvalue weighted by molar-refractivity contribution is -0.531. The molecule has 6 heteroatoms. The molecule has 2 aliphatic rings. The Bertz CT molecular complexity index is 1050. The number of carbonyl (C=O) groups excluding carboxylic acids is 1. The minimum Gasteiger partial charge on any atom is -0.489 e. The van der Waals surface area contributed by atoms with Crippen LogP contribution < -0.4 is 4.74 Å². The van der Waals surface area contributed by atoms with Crippen LogP contribution in [0.1, 0.15) is 77.0 Å². The zero-order chi connectivity index (χ0) is 25.2. The molecule has 2 aliphatic carbocycles. The van der Waals surface area contributed by atoms with Crippen LogP contribution in [0.25, 0.3) is 0 Å². The summed E-state index contributed by atoms with van der Waals surface area (Å²) in [6.45, 7) is 8.80. The first-order valence-electron chi connectivity index (χ1n) is 12.7. The van der Waals surface area contributed by atoms with Gasteiger partial charge in [0.25, 0.3) is 0 Å². The molecule has 0 spiro atoms. The summed E-state index contributed by atoms with van der Waals surface area (Å²) >= 11 is 0. The Hall–Kier alpha value is -2.73.